The second kappa shape index (κ2) is 6.66. The van der Waals surface area contributed by atoms with Gasteiger partial charge in [0.15, 0.2) is 0 Å². The van der Waals surface area contributed by atoms with Crippen molar-refractivity contribution in [3.05, 3.63) is 16.8 Å². The number of aliphatic hydroxyl groups excluding tert-OH is 1. The number of nitriles is 1. The number of ether oxygens (including phenoxy) is 1. The van der Waals surface area contributed by atoms with Crippen molar-refractivity contribution in [3.63, 3.8) is 0 Å². The Kier molecular flexibility index (Phi) is 4.38. The van der Waals surface area contributed by atoms with Gasteiger partial charge in [-0.15, -0.1) is 11.3 Å². The molecule has 6 heteroatoms. The number of hydrogen-bond acceptors (Lipinski definition) is 6. The van der Waals surface area contributed by atoms with E-state index in [-0.39, 0.29) is 12.0 Å². The lowest BCUT2D eigenvalue weighted by atomic mass is 9.95. The van der Waals surface area contributed by atoms with E-state index in [0.717, 1.165) is 35.9 Å². The number of aryl methyl sites for hydroxylation is 1. The summed E-state index contributed by atoms with van der Waals surface area (Å²) < 4.78 is 6.26. The molecule has 0 amide bonds. The van der Waals surface area contributed by atoms with E-state index in [1.165, 1.54) is 29.7 Å². The van der Waals surface area contributed by atoms with E-state index in [4.69, 9.17) is 10.00 Å². The van der Waals surface area contributed by atoms with E-state index in [1.54, 1.807) is 17.7 Å². The molecule has 2 heterocycles. The van der Waals surface area contributed by atoms with E-state index in [0.29, 0.717) is 12.3 Å². The maximum atomic E-state index is 9.76. The van der Waals surface area contributed by atoms with Gasteiger partial charge in [-0.3, -0.25) is 0 Å². The van der Waals surface area contributed by atoms with Crippen LogP contribution in [0.5, 0.6) is 5.88 Å². The van der Waals surface area contributed by atoms with Crippen LogP contribution in [0, 0.1) is 11.3 Å². The second-order valence-electron chi connectivity index (χ2n) is 6.79. The highest BCUT2D eigenvalue weighted by atomic mass is 32.1. The summed E-state index contributed by atoms with van der Waals surface area (Å²) in [7, 11) is 0. The summed E-state index contributed by atoms with van der Waals surface area (Å²) in [6, 6.07) is 1.94. The van der Waals surface area contributed by atoms with Gasteiger partial charge < -0.3 is 9.84 Å². The van der Waals surface area contributed by atoms with Gasteiger partial charge in [0.2, 0.25) is 5.88 Å². The highest BCUT2D eigenvalue weighted by Crippen LogP contribution is 2.47. The number of fused-ring (bicyclic) bond motifs is 3. The molecule has 1 saturated carbocycles. The van der Waals surface area contributed by atoms with Crippen LogP contribution in [0.25, 0.3) is 10.2 Å². The minimum atomic E-state index is -0.914. The molecular formula is C18H21N3O2S. The number of thiophene rings is 1. The zero-order valence-corrected chi connectivity index (χ0v) is 14.4. The first-order valence-corrected chi connectivity index (χ1v) is 9.58. The average Bonchev–Trinajstić information content (AvgIpc) is 3.16. The lowest BCUT2D eigenvalue weighted by Crippen LogP contribution is -2.20. The third-order valence-electron chi connectivity index (χ3n) is 5.18. The Hall–Kier alpha value is -1.71. The van der Waals surface area contributed by atoms with Gasteiger partial charge in [-0.25, -0.2) is 9.97 Å². The zero-order chi connectivity index (χ0) is 16.5. The van der Waals surface area contributed by atoms with E-state index in [9.17, 15) is 5.11 Å². The molecule has 24 heavy (non-hydrogen) atoms. The van der Waals surface area contributed by atoms with Crippen LogP contribution in [0.2, 0.25) is 0 Å². The van der Waals surface area contributed by atoms with Crippen LogP contribution >= 0.6 is 11.3 Å². The van der Waals surface area contributed by atoms with Gasteiger partial charge in [-0.2, -0.15) is 5.26 Å². The van der Waals surface area contributed by atoms with Gasteiger partial charge in [0.1, 0.15) is 23.4 Å². The van der Waals surface area contributed by atoms with Crippen molar-refractivity contribution in [1.29, 1.82) is 5.26 Å². The second-order valence-corrected chi connectivity index (χ2v) is 7.88. The number of rotatable bonds is 4. The fourth-order valence-electron chi connectivity index (χ4n) is 4.03. The van der Waals surface area contributed by atoms with Crippen LogP contribution in [0.15, 0.2) is 6.33 Å². The monoisotopic (exact) mass is 343 g/mol. The van der Waals surface area contributed by atoms with Crippen LogP contribution in [-0.4, -0.2) is 27.3 Å². The number of aromatic nitrogens is 2. The Morgan fingerprint density at radius 3 is 2.92 bits per heavy atom. The van der Waals surface area contributed by atoms with Crippen LogP contribution in [-0.2, 0) is 6.42 Å². The molecule has 1 unspecified atom stereocenters. The van der Waals surface area contributed by atoms with Gasteiger partial charge >= 0.3 is 0 Å². The predicted molar refractivity (Wildman–Crippen MR) is 92.2 cm³/mol. The van der Waals surface area contributed by atoms with Gasteiger partial charge in [0.25, 0.3) is 0 Å². The molecule has 0 saturated heterocycles. The first-order chi connectivity index (χ1) is 11.8. The van der Waals surface area contributed by atoms with Crippen molar-refractivity contribution >= 4 is 21.6 Å². The third-order valence-corrected chi connectivity index (χ3v) is 6.36. The standard InChI is InChI=1S/C18H21N3O2S/c19-9-12(22)8-11-6-7-14-15(11)16-17(20-10-21-18(16)24-14)23-13-4-2-1-3-5-13/h10-13,22H,1-8H2/t11-,12?/m1/s1. The smallest absolute Gasteiger partial charge is 0.225 e. The molecule has 2 aliphatic rings. The lowest BCUT2D eigenvalue weighted by molar-refractivity contribution is 0.150. The molecule has 1 fully saturated rings. The largest absolute Gasteiger partial charge is 0.474 e. The van der Waals surface area contributed by atoms with Gasteiger partial charge in [0, 0.05) is 4.88 Å². The van der Waals surface area contributed by atoms with Gasteiger partial charge in [-0.05, 0) is 56.4 Å². The Morgan fingerprint density at radius 2 is 2.12 bits per heavy atom. The minimum Gasteiger partial charge on any atom is -0.474 e. The predicted octanol–water partition coefficient (Wildman–Crippen LogP) is 3.71. The molecule has 126 valence electrons. The van der Waals surface area contributed by atoms with E-state index < -0.39 is 6.10 Å². The molecule has 0 aromatic carbocycles. The minimum absolute atomic E-state index is 0.197. The maximum Gasteiger partial charge on any atom is 0.225 e. The van der Waals surface area contributed by atoms with Gasteiger partial charge in [-0.1, -0.05) is 6.42 Å². The van der Waals surface area contributed by atoms with Crippen molar-refractivity contribution < 1.29 is 9.84 Å². The first kappa shape index (κ1) is 15.8. The fraction of sp³-hybridized carbons (Fsp3) is 0.611. The summed E-state index contributed by atoms with van der Waals surface area (Å²) in [6.07, 6.45) is 9.29. The molecule has 2 aromatic heterocycles. The highest BCUT2D eigenvalue weighted by molar-refractivity contribution is 7.19. The highest BCUT2D eigenvalue weighted by Gasteiger charge is 2.32. The number of nitrogens with zero attached hydrogens (tertiary/aromatic N) is 3. The maximum absolute atomic E-state index is 9.76. The van der Waals surface area contributed by atoms with Crippen LogP contribution < -0.4 is 4.74 Å². The van der Waals surface area contributed by atoms with E-state index in [1.807, 2.05) is 6.07 Å². The van der Waals surface area contributed by atoms with Gasteiger partial charge in [0.05, 0.1) is 11.5 Å². The van der Waals surface area contributed by atoms with E-state index in [2.05, 4.69) is 9.97 Å². The molecule has 2 aliphatic carbocycles. The molecule has 2 aromatic rings. The summed E-state index contributed by atoms with van der Waals surface area (Å²) in [6.45, 7) is 0. The first-order valence-electron chi connectivity index (χ1n) is 8.77. The molecule has 4 rings (SSSR count). The SMILES string of the molecule is N#CC(O)C[C@H]1CCc2sc3ncnc(OC4CCCCC4)c3c21. The molecule has 0 spiro atoms. The summed E-state index contributed by atoms with van der Waals surface area (Å²) in [4.78, 5) is 11.1. The van der Waals surface area contributed by atoms with Crippen LogP contribution in [0.1, 0.15) is 61.3 Å². The lowest BCUT2D eigenvalue weighted by Gasteiger charge is -2.23. The van der Waals surface area contributed by atoms with Crippen molar-refractivity contribution in [2.24, 2.45) is 0 Å². The molecule has 0 bridgehead atoms. The molecule has 1 N–H and O–H groups in total. The zero-order valence-electron chi connectivity index (χ0n) is 13.6. The summed E-state index contributed by atoms with van der Waals surface area (Å²) in [5.41, 5.74) is 1.22. The summed E-state index contributed by atoms with van der Waals surface area (Å²) in [5, 5.41) is 19.7. The Bertz CT molecular complexity index is 776. The van der Waals surface area contributed by atoms with Crippen LogP contribution in [0.4, 0.5) is 0 Å². The molecule has 0 aliphatic heterocycles. The third kappa shape index (κ3) is 2.87. The molecular weight excluding hydrogens is 322 g/mol. The fourth-order valence-corrected chi connectivity index (χ4v) is 5.26. The number of aliphatic hydroxyl groups is 1. The normalized spacial score (nSPS) is 22.2. The molecule has 5 nitrogen and oxygen atoms in total. The Labute approximate surface area is 145 Å². The van der Waals surface area contributed by atoms with E-state index >= 15 is 0 Å². The Balaban J connectivity index is 1.69. The average molecular weight is 343 g/mol. The van der Waals surface area contributed by atoms with Crippen molar-refractivity contribution in [2.45, 2.75) is 69.5 Å². The summed E-state index contributed by atoms with van der Waals surface area (Å²) >= 11 is 1.71. The van der Waals surface area contributed by atoms with Crippen molar-refractivity contribution in [1.82, 2.24) is 9.97 Å². The molecule has 2 atom stereocenters. The van der Waals surface area contributed by atoms with Crippen LogP contribution in [0.3, 0.4) is 0 Å². The topological polar surface area (TPSA) is 79.0 Å². The Morgan fingerprint density at radius 1 is 1.29 bits per heavy atom. The molecule has 0 radical (unpaired) electrons. The summed E-state index contributed by atoms with van der Waals surface area (Å²) in [5.74, 6) is 0.894. The quantitative estimate of drug-likeness (QED) is 0.856. The van der Waals surface area contributed by atoms with Crippen molar-refractivity contribution in [3.8, 4) is 11.9 Å². The number of hydrogen-bond donors (Lipinski definition) is 1. The van der Waals surface area contributed by atoms with Crippen molar-refractivity contribution in [2.75, 3.05) is 0 Å².